The minimum Gasteiger partial charge on any atom is -0.348 e. The van der Waals surface area contributed by atoms with Gasteiger partial charge in [0.05, 0.1) is 0 Å². The molecule has 1 fully saturated rings. The van der Waals surface area contributed by atoms with E-state index in [-0.39, 0.29) is 11.9 Å². The van der Waals surface area contributed by atoms with Crippen molar-refractivity contribution in [2.75, 3.05) is 32.7 Å². The number of quaternary nitrogens is 2. The molecule has 1 aliphatic heterocycles. The quantitative estimate of drug-likeness (QED) is 0.646. The van der Waals surface area contributed by atoms with Gasteiger partial charge in [-0.3, -0.25) is 4.79 Å². The van der Waals surface area contributed by atoms with E-state index in [1.165, 1.54) is 16.0 Å². The van der Waals surface area contributed by atoms with E-state index in [9.17, 15) is 4.79 Å². The van der Waals surface area contributed by atoms with Crippen LogP contribution in [0.4, 0.5) is 0 Å². The molecular formula is C19H33N3O+2. The predicted octanol–water partition coefficient (Wildman–Crippen LogP) is -0.561. The average Bonchev–Trinajstić information content (AvgIpc) is 2.51. The van der Waals surface area contributed by atoms with Gasteiger partial charge in [-0.2, -0.15) is 0 Å². The lowest BCUT2D eigenvalue weighted by Gasteiger charge is -2.30. The third-order valence-corrected chi connectivity index (χ3v) is 5.17. The molecule has 1 amide bonds. The topological polar surface area (TPSA) is 38.0 Å². The van der Waals surface area contributed by atoms with Crippen molar-refractivity contribution in [1.82, 2.24) is 5.32 Å². The van der Waals surface area contributed by atoms with E-state index in [4.69, 9.17) is 0 Å². The Balaban J connectivity index is 1.74. The molecule has 1 aromatic rings. The number of benzene rings is 1. The molecule has 1 atom stereocenters. The Hall–Kier alpha value is -1.39. The van der Waals surface area contributed by atoms with E-state index in [1.807, 2.05) is 0 Å². The van der Waals surface area contributed by atoms with Crippen molar-refractivity contribution in [3.8, 4) is 0 Å². The van der Waals surface area contributed by atoms with Crippen LogP contribution in [0.25, 0.3) is 0 Å². The number of nitrogens with one attached hydrogen (secondary N) is 3. The molecule has 0 spiro atoms. The zero-order valence-corrected chi connectivity index (χ0v) is 15.1. The lowest BCUT2D eigenvalue weighted by atomic mass is 10.1. The number of aryl methyl sites for hydroxylation is 1. The first-order chi connectivity index (χ1) is 11.0. The molecule has 0 unspecified atom stereocenters. The van der Waals surface area contributed by atoms with E-state index >= 15 is 0 Å². The van der Waals surface area contributed by atoms with Crippen LogP contribution < -0.4 is 15.1 Å². The monoisotopic (exact) mass is 319 g/mol. The number of carbonyl (C=O) groups is 1. The smallest absolute Gasteiger partial charge is 0.275 e. The summed E-state index contributed by atoms with van der Waals surface area (Å²) in [5.41, 5.74) is 2.84. The van der Waals surface area contributed by atoms with Gasteiger partial charge in [-0.15, -0.1) is 0 Å². The Bertz CT molecular complexity index is 507. The Labute approximate surface area is 140 Å². The van der Waals surface area contributed by atoms with Crippen LogP contribution in [0.1, 0.15) is 31.9 Å². The first-order valence-electron chi connectivity index (χ1n) is 8.96. The van der Waals surface area contributed by atoms with Gasteiger partial charge >= 0.3 is 0 Å². The standard InChI is InChI=1S/C19H31N3O/c1-15(2)17(4)20-19(23)14-22-11-9-21(10-12-22)13-18-8-6-5-7-16(18)3/h5-8,15,17H,9-14H2,1-4H3,(H,20,23)/p+2/t17-/m0/s1. The van der Waals surface area contributed by atoms with E-state index in [0.29, 0.717) is 12.5 Å². The predicted molar refractivity (Wildman–Crippen MR) is 93.6 cm³/mol. The molecule has 2 rings (SSSR count). The fourth-order valence-electron chi connectivity index (χ4n) is 3.09. The van der Waals surface area contributed by atoms with Gasteiger partial charge in [0.15, 0.2) is 6.54 Å². The fourth-order valence-corrected chi connectivity index (χ4v) is 3.09. The molecule has 0 aliphatic carbocycles. The van der Waals surface area contributed by atoms with Crippen LogP contribution in [0.2, 0.25) is 0 Å². The van der Waals surface area contributed by atoms with Crippen molar-refractivity contribution in [2.24, 2.45) is 5.92 Å². The van der Waals surface area contributed by atoms with Crippen LogP contribution in [0.15, 0.2) is 24.3 Å². The second kappa shape index (κ2) is 8.46. The fraction of sp³-hybridized carbons (Fsp3) is 0.632. The maximum atomic E-state index is 12.1. The maximum Gasteiger partial charge on any atom is 0.275 e. The van der Waals surface area contributed by atoms with Crippen LogP contribution in [0, 0.1) is 12.8 Å². The van der Waals surface area contributed by atoms with Gasteiger partial charge in [-0.25, -0.2) is 0 Å². The van der Waals surface area contributed by atoms with Crippen molar-refractivity contribution in [3.05, 3.63) is 35.4 Å². The molecule has 3 N–H and O–H groups in total. The highest BCUT2D eigenvalue weighted by Crippen LogP contribution is 2.04. The molecule has 1 saturated heterocycles. The highest BCUT2D eigenvalue weighted by molar-refractivity contribution is 5.77. The summed E-state index contributed by atoms with van der Waals surface area (Å²) in [4.78, 5) is 15.2. The highest BCUT2D eigenvalue weighted by atomic mass is 16.2. The van der Waals surface area contributed by atoms with Gasteiger partial charge in [0.2, 0.25) is 0 Å². The summed E-state index contributed by atoms with van der Waals surface area (Å²) in [7, 11) is 0. The van der Waals surface area contributed by atoms with Crippen LogP contribution >= 0.6 is 0 Å². The van der Waals surface area contributed by atoms with E-state index in [2.05, 4.69) is 57.3 Å². The molecule has 4 heteroatoms. The van der Waals surface area contributed by atoms with Gasteiger partial charge in [0, 0.05) is 11.6 Å². The summed E-state index contributed by atoms with van der Waals surface area (Å²) in [6.45, 7) is 14.8. The number of amides is 1. The SMILES string of the molecule is Cc1ccccc1C[NH+]1CC[NH+](CC(=O)N[C@@H](C)C(C)C)CC1. The number of rotatable bonds is 6. The van der Waals surface area contributed by atoms with Crippen molar-refractivity contribution < 1.29 is 14.6 Å². The molecule has 0 radical (unpaired) electrons. The highest BCUT2D eigenvalue weighted by Gasteiger charge is 2.25. The lowest BCUT2D eigenvalue weighted by Crippen LogP contribution is -3.28. The Kier molecular flexibility index (Phi) is 6.60. The van der Waals surface area contributed by atoms with Gasteiger partial charge in [-0.05, 0) is 25.3 Å². The minimum atomic E-state index is 0.198. The summed E-state index contributed by atoms with van der Waals surface area (Å²) in [6.07, 6.45) is 0. The molecule has 1 heterocycles. The van der Waals surface area contributed by atoms with Crippen molar-refractivity contribution in [2.45, 2.75) is 40.3 Å². The average molecular weight is 319 g/mol. The first-order valence-corrected chi connectivity index (χ1v) is 8.96. The third kappa shape index (κ3) is 5.63. The normalized spacial score (nSPS) is 22.8. The van der Waals surface area contributed by atoms with Crippen LogP contribution in [0.5, 0.6) is 0 Å². The summed E-state index contributed by atoms with van der Waals surface area (Å²) >= 11 is 0. The lowest BCUT2D eigenvalue weighted by molar-refractivity contribution is -1.02. The molecule has 1 aromatic carbocycles. The molecule has 23 heavy (non-hydrogen) atoms. The molecule has 128 valence electrons. The van der Waals surface area contributed by atoms with Crippen molar-refractivity contribution in [3.63, 3.8) is 0 Å². The van der Waals surface area contributed by atoms with E-state index in [0.717, 1.165) is 32.7 Å². The van der Waals surface area contributed by atoms with Gasteiger partial charge in [0.25, 0.3) is 5.91 Å². The molecular weight excluding hydrogens is 286 g/mol. The van der Waals surface area contributed by atoms with E-state index in [1.54, 1.807) is 4.90 Å². The zero-order valence-electron chi connectivity index (χ0n) is 15.1. The second-order valence-electron chi connectivity index (χ2n) is 7.38. The largest absolute Gasteiger partial charge is 0.348 e. The maximum absolute atomic E-state index is 12.1. The number of carbonyl (C=O) groups excluding carboxylic acids is 1. The Morgan fingerprint density at radius 1 is 1.09 bits per heavy atom. The molecule has 0 bridgehead atoms. The van der Waals surface area contributed by atoms with Gasteiger partial charge in [0.1, 0.15) is 32.7 Å². The summed E-state index contributed by atoms with van der Waals surface area (Å²) in [5, 5.41) is 3.12. The third-order valence-electron chi connectivity index (χ3n) is 5.17. The summed E-state index contributed by atoms with van der Waals surface area (Å²) in [6, 6.07) is 8.92. The van der Waals surface area contributed by atoms with Crippen molar-refractivity contribution >= 4 is 5.91 Å². The van der Waals surface area contributed by atoms with Crippen LogP contribution in [-0.2, 0) is 11.3 Å². The minimum absolute atomic E-state index is 0.198. The van der Waals surface area contributed by atoms with E-state index < -0.39 is 0 Å². The zero-order chi connectivity index (χ0) is 16.8. The molecule has 0 saturated carbocycles. The molecule has 0 aromatic heterocycles. The Morgan fingerprint density at radius 2 is 1.70 bits per heavy atom. The van der Waals surface area contributed by atoms with Gasteiger partial charge in [-0.1, -0.05) is 38.1 Å². The molecule has 1 aliphatic rings. The van der Waals surface area contributed by atoms with Crippen molar-refractivity contribution in [1.29, 1.82) is 0 Å². The summed E-state index contributed by atoms with van der Waals surface area (Å²) in [5.74, 6) is 0.688. The first kappa shape index (κ1) is 18.0. The van der Waals surface area contributed by atoms with Crippen LogP contribution in [-0.4, -0.2) is 44.7 Å². The number of hydrogen-bond donors (Lipinski definition) is 3. The number of hydrogen-bond acceptors (Lipinski definition) is 1. The summed E-state index contributed by atoms with van der Waals surface area (Å²) < 4.78 is 0. The van der Waals surface area contributed by atoms with Crippen LogP contribution in [0.3, 0.4) is 0 Å². The molecule has 4 nitrogen and oxygen atoms in total. The Morgan fingerprint density at radius 3 is 2.30 bits per heavy atom. The number of piperazine rings is 1. The second-order valence-corrected chi connectivity index (χ2v) is 7.38. The van der Waals surface area contributed by atoms with Gasteiger partial charge < -0.3 is 15.1 Å².